The van der Waals surface area contributed by atoms with E-state index in [9.17, 15) is 25.5 Å². The average molecular weight is 538 g/mol. The summed E-state index contributed by atoms with van der Waals surface area (Å²) in [6.07, 6.45) is -2.89. The quantitative estimate of drug-likeness (QED) is 0.328. The third-order valence-corrected chi connectivity index (χ3v) is 7.34. The smallest absolute Gasteiger partial charge is 0.229 e. The van der Waals surface area contributed by atoms with Crippen LogP contribution in [0.4, 0.5) is 5.69 Å². The Labute approximate surface area is 185 Å². The lowest BCUT2D eigenvalue weighted by molar-refractivity contribution is -0.342. The number of aliphatic hydroxyl groups is 5. The monoisotopic (exact) mass is 536 g/mol. The number of aliphatic hydroxyl groups excluding tert-OH is 4. The van der Waals surface area contributed by atoms with Crippen LogP contribution in [0.3, 0.4) is 0 Å². The SMILES string of the molecule is OC1CCC(N2Cc3cc(Br)cc(Br)c3NC2[C@@]2(O)OC[C@@H](O)[C@H](O)[C@@H]2O)CC1. The van der Waals surface area contributed by atoms with E-state index in [0.29, 0.717) is 19.4 Å². The first-order valence-corrected chi connectivity index (χ1v) is 11.4. The van der Waals surface area contributed by atoms with Gasteiger partial charge in [-0.05, 0) is 59.3 Å². The minimum absolute atomic E-state index is 0.0469. The second-order valence-corrected chi connectivity index (χ2v) is 9.94. The van der Waals surface area contributed by atoms with Crippen LogP contribution in [0.15, 0.2) is 21.1 Å². The summed E-state index contributed by atoms with van der Waals surface area (Å²) in [4.78, 5) is 2.03. The van der Waals surface area contributed by atoms with Gasteiger partial charge in [-0.2, -0.15) is 0 Å². The number of nitrogens with one attached hydrogen (secondary N) is 1. The number of benzene rings is 1. The average Bonchev–Trinajstić information content (AvgIpc) is 2.69. The second kappa shape index (κ2) is 8.33. The van der Waals surface area contributed by atoms with Gasteiger partial charge in [0.2, 0.25) is 5.79 Å². The molecule has 0 aromatic heterocycles. The van der Waals surface area contributed by atoms with E-state index in [0.717, 1.165) is 33.0 Å². The van der Waals surface area contributed by atoms with Crippen LogP contribution in [0.2, 0.25) is 0 Å². The van der Waals surface area contributed by atoms with Crippen molar-refractivity contribution in [2.75, 3.05) is 11.9 Å². The first-order valence-electron chi connectivity index (χ1n) is 9.79. The molecule has 3 aliphatic rings. The van der Waals surface area contributed by atoms with Crippen LogP contribution < -0.4 is 5.32 Å². The predicted molar refractivity (Wildman–Crippen MR) is 112 cm³/mol. The fraction of sp³-hybridized carbons (Fsp3) is 0.684. The molecule has 1 aliphatic carbocycles. The Morgan fingerprint density at radius 1 is 1.07 bits per heavy atom. The zero-order valence-corrected chi connectivity index (χ0v) is 18.9. The fourth-order valence-corrected chi connectivity index (χ4v) is 6.02. The lowest BCUT2D eigenvalue weighted by Gasteiger charge is -2.53. The van der Waals surface area contributed by atoms with Crippen molar-refractivity contribution in [1.29, 1.82) is 0 Å². The fourth-order valence-electron chi connectivity index (χ4n) is 4.59. The Balaban J connectivity index is 1.72. The maximum Gasteiger partial charge on any atom is 0.229 e. The molecule has 0 amide bonds. The number of anilines is 1. The molecule has 0 spiro atoms. The van der Waals surface area contributed by atoms with E-state index in [4.69, 9.17) is 4.74 Å². The molecule has 6 N–H and O–H groups in total. The highest BCUT2D eigenvalue weighted by molar-refractivity contribution is 9.11. The summed E-state index contributed by atoms with van der Waals surface area (Å²) in [6.45, 7) is 0.196. The predicted octanol–water partition coefficient (Wildman–Crippen LogP) is 0.870. The Hall–Kier alpha value is -0.300. The van der Waals surface area contributed by atoms with Crippen LogP contribution in [0.5, 0.6) is 0 Å². The summed E-state index contributed by atoms with van der Waals surface area (Å²) in [5.74, 6) is -2.13. The maximum atomic E-state index is 11.4. The van der Waals surface area contributed by atoms with Gasteiger partial charge in [-0.15, -0.1) is 0 Å². The van der Waals surface area contributed by atoms with Crippen molar-refractivity contribution < 1.29 is 30.3 Å². The molecule has 0 radical (unpaired) electrons. The third-order valence-electron chi connectivity index (χ3n) is 6.26. The number of nitrogens with zero attached hydrogens (tertiary/aromatic N) is 1. The van der Waals surface area contributed by atoms with Crippen molar-refractivity contribution in [3.63, 3.8) is 0 Å². The van der Waals surface area contributed by atoms with Gasteiger partial charge in [0.05, 0.1) is 18.4 Å². The van der Waals surface area contributed by atoms with Gasteiger partial charge in [0.15, 0.2) is 0 Å². The number of fused-ring (bicyclic) bond motifs is 1. The van der Waals surface area contributed by atoms with Gasteiger partial charge in [0.1, 0.15) is 24.5 Å². The minimum Gasteiger partial charge on any atom is -0.393 e. The Kier molecular flexibility index (Phi) is 6.29. The molecule has 2 heterocycles. The summed E-state index contributed by atoms with van der Waals surface area (Å²) in [5.41, 5.74) is 1.78. The Bertz CT molecular complexity index is 762. The van der Waals surface area contributed by atoms with Gasteiger partial charge in [0.25, 0.3) is 0 Å². The van der Waals surface area contributed by atoms with Crippen LogP contribution in [-0.2, 0) is 11.3 Å². The summed E-state index contributed by atoms with van der Waals surface area (Å²) >= 11 is 7.05. The molecule has 2 fully saturated rings. The van der Waals surface area contributed by atoms with Crippen LogP contribution in [-0.4, -0.2) is 79.5 Å². The number of ether oxygens (including phenoxy) is 1. The normalized spacial score (nSPS) is 40.9. The number of hydrogen-bond donors (Lipinski definition) is 6. The highest BCUT2D eigenvalue weighted by atomic mass is 79.9. The molecule has 1 aromatic carbocycles. The van der Waals surface area contributed by atoms with Gasteiger partial charge in [-0.1, -0.05) is 15.9 Å². The zero-order valence-electron chi connectivity index (χ0n) is 15.7. The van der Waals surface area contributed by atoms with Crippen LogP contribution >= 0.6 is 31.9 Å². The summed E-state index contributed by atoms with van der Waals surface area (Å²) in [6, 6.07) is 3.93. The number of hydrogen-bond acceptors (Lipinski definition) is 8. The topological polar surface area (TPSA) is 126 Å². The molecule has 1 unspecified atom stereocenters. The van der Waals surface area contributed by atoms with Crippen molar-refractivity contribution >= 4 is 37.5 Å². The zero-order chi connectivity index (χ0) is 20.9. The van der Waals surface area contributed by atoms with Crippen molar-refractivity contribution in [1.82, 2.24) is 4.90 Å². The molecule has 1 aromatic rings. The first kappa shape index (κ1) is 21.9. The second-order valence-electron chi connectivity index (χ2n) is 8.17. The van der Waals surface area contributed by atoms with Gasteiger partial charge >= 0.3 is 0 Å². The maximum absolute atomic E-state index is 11.4. The van der Waals surface area contributed by atoms with E-state index in [1.165, 1.54) is 0 Å². The van der Waals surface area contributed by atoms with Crippen LogP contribution in [0.25, 0.3) is 0 Å². The molecular weight excluding hydrogens is 512 g/mol. The highest BCUT2D eigenvalue weighted by Gasteiger charge is 2.57. The van der Waals surface area contributed by atoms with Crippen molar-refractivity contribution in [3.8, 4) is 0 Å². The van der Waals surface area contributed by atoms with E-state index in [1.807, 2.05) is 17.0 Å². The van der Waals surface area contributed by atoms with Crippen LogP contribution in [0.1, 0.15) is 31.2 Å². The summed E-state index contributed by atoms with van der Waals surface area (Å²) in [7, 11) is 0. The molecule has 0 bridgehead atoms. The van der Waals surface area contributed by atoms with Gasteiger partial charge in [-0.3, -0.25) is 4.90 Å². The largest absolute Gasteiger partial charge is 0.393 e. The molecule has 8 nitrogen and oxygen atoms in total. The van der Waals surface area contributed by atoms with E-state index >= 15 is 0 Å². The van der Waals surface area contributed by atoms with E-state index in [-0.39, 0.29) is 18.8 Å². The van der Waals surface area contributed by atoms with E-state index < -0.39 is 30.3 Å². The summed E-state index contributed by atoms with van der Waals surface area (Å²) < 4.78 is 7.24. The summed E-state index contributed by atoms with van der Waals surface area (Å²) in [5, 5.41) is 55.2. The lowest BCUT2D eigenvalue weighted by atomic mass is 9.87. The molecule has 162 valence electrons. The molecule has 10 heteroatoms. The first-order chi connectivity index (χ1) is 13.7. The Morgan fingerprint density at radius 3 is 2.45 bits per heavy atom. The lowest BCUT2D eigenvalue weighted by Crippen LogP contribution is -2.72. The van der Waals surface area contributed by atoms with E-state index in [1.54, 1.807) is 0 Å². The molecule has 5 atom stereocenters. The highest BCUT2D eigenvalue weighted by Crippen LogP contribution is 2.42. The van der Waals surface area contributed by atoms with Crippen LogP contribution in [0, 0.1) is 0 Å². The third kappa shape index (κ3) is 3.99. The number of rotatable bonds is 2. The van der Waals surface area contributed by atoms with Gasteiger partial charge < -0.3 is 35.6 Å². The van der Waals surface area contributed by atoms with Crippen molar-refractivity contribution in [2.24, 2.45) is 0 Å². The minimum atomic E-state index is -2.13. The molecular formula is C19H26Br2N2O6. The van der Waals surface area contributed by atoms with Gasteiger partial charge in [-0.25, -0.2) is 0 Å². The Morgan fingerprint density at radius 2 is 1.76 bits per heavy atom. The molecule has 2 aliphatic heterocycles. The molecule has 29 heavy (non-hydrogen) atoms. The van der Waals surface area contributed by atoms with Gasteiger partial charge in [0, 0.05) is 21.5 Å². The molecule has 1 saturated heterocycles. The van der Waals surface area contributed by atoms with E-state index in [2.05, 4.69) is 37.2 Å². The molecule has 4 rings (SSSR count). The van der Waals surface area contributed by atoms with Crippen molar-refractivity contribution in [3.05, 3.63) is 26.6 Å². The van der Waals surface area contributed by atoms with Crippen molar-refractivity contribution in [2.45, 2.75) is 74.6 Å². The number of halogens is 2. The molecule has 1 saturated carbocycles. The standard InChI is InChI=1S/C19H26Br2N2O6/c20-10-5-9-7-23(11-1-3-12(24)4-2-11)18(22-15(9)13(21)6-10)19(28)17(27)16(26)14(25)8-29-19/h5-6,11-12,14,16-18,22,24-28H,1-4,7-8H2/t11?,12?,14-,16+,17+,18?,19+/m1/s1.